The minimum atomic E-state index is -0.423. The molecular weight excluding hydrogens is 375 g/mol. The molecule has 29 heavy (non-hydrogen) atoms. The summed E-state index contributed by atoms with van der Waals surface area (Å²) >= 11 is 0. The standard InChI is InChI=1S/C21H23FN4O3/c1-15-2-3-17(10-18(15)22)23-21(27)19-14-29-20(24-19)12-26-7-5-25(6-8-26)11-16-4-9-28-13-16/h2-4,9-10,13-14H,5-8,11-12H2,1H3,(H,23,27). The van der Waals surface area contributed by atoms with E-state index in [9.17, 15) is 9.18 Å². The van der Waals surface area contributed by atoms with E-state index in [1.165, 1.54) is 17.9 Å². The van der Waals surface area contributed by atoms with Crippen molar-refractivity contribution in [2.75, 3.05) is 31.5 Å². The van der Waals surface area contributed by atoms with Gasteiger partial charge in [-0.05, 0) is 30.7 Å². The van der Waals surface area contributed by atoms with Crippen LogP contribution in [0.25, 0.3) is 0 Å². The number of hydrogen-bond acceptors (Lipinski definition) is 6. The van der Waals surface area contributed by atoms with Gasteiger partial charge in [0, 0.05) is 44.0 Å². The van der Waals surface area contributed by atoms with E-state index in [1.54, 1.807) is 31.6 Å². The average Bonchev–Trinajstić information content (AvgIpc) is 3.38. The summed E-state index contributed by atoms with van der Waals surface area (Å²) in [5, 5.41) is 2.64. The first-order valence-electron chi connectivity index (χ1n) is 9.54. The minimum absolute atomic E-state index is 0.180. The number of halogens is 1. The molecule has 7 nitrogen and oxygen atoms in total. The van der Waals surface area contributed by atoms with Crippen molar-refractivity contribution < 1.29 is 18.0 Å². The Balaban J connectivity index is 1.28. The zero-order valence-electron chi connectivity index (χ0n) is 16.2. The van der Waals surface area contributed by atoms with Gasteiger partial charge in [-0.1, -0.05) is 6.07 Å². The summed E-state index contributed by atoms with van der Waals surface area (Å²) in [5.74, 6) is -0.294. The third kappa shape index (κ3) is 4.90. The number of anilines is 1. The van der Waals surface area contributed by atoms with Crippen LogP contribution in [0.15, 0.2) is 51.9 Å². The molecule has 8 heteroatoms. The predicted octanol–water partition coefficient (Wildman–Crippen LogP) is 3.29. The van der Waals surface area contributed by atoms with E-state index >= 15 is 0 Å². The molecule has 3 aromatic rings. The van der Waals surface area contributed by atoms with Crippen molar-refractivity contribution in [1.29, 1.82) is 0 Å². The number of aryl methyl sites for hydroxylation is 1. The molecule has 1 amide bonds. The van der Waals surface area contributed by atoms with E-state index in [0.717, 1.165) is 32.7 Å². The first kappa shape index (κ1) is 19.4. The van der Waals surface area contributed by atoms with Crippen LogP contribution in [-0.4, -0.2) is 46.9 Å². The maximum Gasteiger partial charge on any atom is 0.277 e. The number of amides is 1. The molecule has 0 bridgehead atoms. The van der Waals surface area contributed by atoms with Crippen LogP contribution >= 0.6 is 0 Å². The van der Waals surface area contributed by atoms with Crippen LogP contribution in [0.2, 0.25) is 0 Å². The smallest absolute Gasteiger partial charge is 0.277 e. The summed E-state index contributed by atoms with van der Waals surface area (Å²) in [4.78, 5) is 21.2. The van der Waals surface area contributed by atoms with Crippen molar-refractivity contribution in [2.24, 2.45) is 0 Å². The molecule has 0 spiro atoms. The van der Waals surface area contributed by atoms with Crippen LogP contribution in [0.3, 0.4) is 0 Å². The molecule has 0 saturated carbocycles. The van der Waals surface area contributed by atoms with E-state index < -0.39 is 5.91 Å². The Bertz CT molecular complexity index is 962. The van der Waals surface area contributed by atoms with Gasteiger partial charge in [0.2, 0.25) is 5.89 Å². The van der Waals surface area contributed by atoms with E-state index in [-0.39, 0.29) is 11.5 Å². The van der Waals surface area contributed by atoms with Crippen molar-refractivity contribution in [1.82, 2.24) is 14.8 Å². The number of furan rings is 1. The molecule has 1 aliphatic rings. The zero-order chi connectivity index (χ0) is 20.2. The maximum atomic E-state index is 13.6. The molecule has 1 N–H and O–H groups in total. The predicted molar refractivity (Wildman–Crippen MR) is 105 cm³/mol. The lowest BCUT2D eigenvalue weighted by Crippen LogP contribution is -2.45. The van der Waals surface area contributed by atoms with Gasteiger partial charge in [0.25, 0.3) is 5.91 Å². The second kappa shape index (κ2) is 8.59. The molecule has 0 radical (unpaired) electrons. The Hall–Kier alpha value is -2.97. The third-order valence-electron chi connectivity index (χ3n) is 5.02. The van der Waals surface area contributed by atoms with Gasteiger partial charge in [0.15, 0.2) is 5.69 Å². The van der Waals surface area contributed by atoms with Crippen molar-refractivity contribution in [2.45, 2.75) is 20.0 Å². The summed E-state index contributed by atoms with van der Waals surface area (Å²) in [6.45, 7) is 6.77. The Kier molecular flexibility index (Phi) is 5.73. The number of carbonyl (C=O) groups excluding carboxylic acids is 1. The van der Waals surface area contributed by atoms with Gasteiger partial charge in [-0.2, -0.15) is 0 Å². The van der Waals surface area contributed by atoms with Crippen molar-refractivity contribution >= 4 is 11.6 Å². The molecule has 0 aliphatic carbocycles. The highest BCUT2D eigenvalue weighted by molar-refractivity contribution is 6.02. The lowest BCUT2D eigenvalue weighted by atomic mass is 10.2. The third-order valence-corrected chi connectivity index (χ3v) is 5.02. The fraction of sp³-hybridized carbons (Fsp3) is 0.333. The van der Waals surface area contributed by atoms with Gasteiger partial charge in [-0.25, -0.2) is 9.37 Å². The van der Waals surface area contributed by atoms with Gasteiger partial charge >= 0.3 is 0 Å². The summed E-state index contributed by atoms with van der Waals surface area (Å²) in [5.41, 5.74) is 2.27. The molecule has 2 aromatic heterocycles. The highest BCUT2D eigenvalue weighted by Crippen LogP contribution is 2.16. The SMILES string of the molecule is Cc1ccc(NC(=O)c2coc(CN3CCN(Cc4ccoc4)CC3)n2)cc1F. The number of benzene rings is 1. The number of nitrogens with one attached hydrogen (secondary N) is 1. The molecule has 4 rings (SSSR count). The zero-order valence-corrected chi connectivity index (χ0v) is 16.2. The van der Waals surface area contributed by atoms with Crippen LogP contribution in [0.4, 0.5) is 10.1 Å². The topological polar surface area (TPSA) is 74.8 Å². The average molecular weight is 398 g/mol. The second-order valence-electron chi connectivity index (χ2n) is 7.23. The van der Waals surface area contributed by atoms with Crippen LogP contribution in [0, 0.1) is 12.7 Å². The van der Waals surface area contributed by atoms with E-state index in [1.807, 2.05) is 6.07 Å². The quantitative estimate of drug-likeness (QED) is 0.687. The molecule has 1 saturated heterocycles. The van der Waals surface area contributed by atoms with Crippen LogP contribution in [0.1, 0.15) is 27.5 Å². The number of rotatable bonds is 6. The largest absolute Gasteiger partial charge is 0.472 e. The first-order valence-corrected chi connectivity index (χ1v) is 9.54. The molecule has 0 atom stereocenters. The lowest BCUT2D eigenvalue weighted by Gasteiger charge is -2.33. The molecule has 3 heterocycles. The van der Waals surface area contributed by atoms with Crippen LogP contribution in [-0.2, 0) is 13.1 Å². The van der Waals surface area contributed by atoms with Gasteiger partial charge in [-0.3, -0.25) is 14.6 Å². The fourth-order valence-electron chi connectivity index (χ4n) is 3.29. The van der Waals surface area contributed by atoms with E-state index in [0.29, 0.717) is 23.7 Å². The Labute approximate surface area is 168 Å². The van der Waals surface area contributed by atoms with E-state index in [2.05, 4.69) is 20.1 Å². The molecule has 1 aliphatic heterocycles. The number of piperazine rings is 1. The summed E-state index contributed by atoms with van der Waals surface area (Å²) < 4.78 is 24.2. The second-order valence-corrected chi connectivity index (χ2v) is 7.23. The normalized spacial score (nSPS) is 15.5. The van der Waals surface area contributed by atoms with Gasteiger partial charge < -0.3 is 14.2 Å². The summed E-state index contributed by atoms with van der Waals surface area (Å²) in [7, 11) is 0. The number of aromatic nitrogens is 1. The van der Waals surface area contributed by atoms with Crippen LogP contribution < -0.4 is 5.32 Å². The van der Waals surface area contributed by atoms with Crippen LogP contribution in [0.5, 0.6) is 0 Å². The monoisotopic (exact) mass is 398 g/mol. The number of hydrogen-bond donors (Lipinski definition) is 1. The number of carbonyl (C=O) groups is 1. The maximum absolute atomic E-state index is 13.6. The van der Waals surface area contributed by atoms with E-state index in [4.69, 9.17) is 8.83 Å². The fourth-order valence-corrected chi connectivity index (χ4v) is 3.29. The Morgan fingerprint density at radius 2 is 1.90 bits per heavy atom. The highest BCUT2D eigenvalue weighted by atomic mass is 19.1. The number of oxazole rings is 1. The Morgan fingerprint density at radius 3 is 2.59 bits per heavy atom. The van der Waals surface area contributed by atoms with Gasteiger partial charge in [0.1, 0.15) is 12.1 Å². The lowest BCUT2D eigenvalue weighted by molar-refractivity contribution is 0.102. The van der Waals surface area contributed by atoms with Gasteiger partial charge in [-0.15, -0.1) is 0 Å². The number of nitrogens with zero attached hydrogens (tertiary/aromatic N) is 3. The van der Waals surface area contributed by atoms with Gasteiger partial charge in [0.05, 0.1) is 19.1 Å². The minimum Gasteiger partial charge on any atom is -0.472 e. The Morgan fingerprint density at radius 1 is 1.14 bits per heavy atom. The molecule has 0 unspecified atom stereocenters. The first-order chi connectivity index (χ1) is 14.1. The molecule has 1 fully saturated rings. The summed E-state index contributed by atoms with van der Waals surface area (Å²) in [6, 6.07) is 6.54. The molecule has 152 valence electrons. The summed E-state index contributed by atoms with van der Waals surface area (Å²) in [6.07, 6.45) is 4.80. The molecule has 1 aromatic carbocycles. The van der Waals surface area contributed by atoms with Crippen molar-refractivity contribution in [3.05, 3.63) is 71.6 Å². The molecular formula is C21H23FN4O3. The van der Waals surface area contributed by atoms with Crippen molar-refractivity contribution in [3.8, 4) is 0 Å². The van der Waals surface area contributed by atoms with Crippen molar-refractivity contribution in [3.63, 3.8) is 0 Å². The highest BCUT2D eigenvalue weighted by Gasteiger charge is 2.20.